The van der Waals surface area contributed by atoms with Crippen LogP contribution in [0.4, 0.5) is 28.9 Å². The minimum atomic E-state index is -5.67. The van der Waals surface area contributed by atoms with Crippen molar-refractivity contribution in [3.63, 3.8) is 0 Å². The van der Waals surface area contributed by atoms with Gasteiger partial charge < -0.3 is 4.90 Å². The molecule has 0 aliphatic carbocycles. The van der Waals surface area contributed by atoms with Gasteiger partial charge in [-0.1, -0.05) is 36.4 Å². The Balaban J connectivity index is 1.70. The van der Waals surface area contributed by atoms with Crippen molar-refractivity contribution in [1.82, 2.24) is 0 Å². The van der Waals surface area contributed by atoms with Gasteiger partial charge >= 0.3 is 15.5 Å². The highest BCUT2D eigenvalue weighted by Gasteiger charge is 2.46. The van der Waals surface area contributed by atoms with E-state index in [0.29, 0.717) is 4.88 Å². The van der Waals surface area contributed by atoms with E-state index in [1.54, 1.807) is 24.3 Å². The number of halogens is 4. The number of para-hydroxylation sites is 2. The molecule has 0 spiro atoms. The number of amides is 1. The largest absolute Gasteiger partial charge is 0.516 e. The van der Waals surface area contributed by atoms with Gasteiger partial charge in [0.05, 0.1) is 16.3 Å². The maximum Gasteiger partial charge on any atom is 0.516 e. The van der Waals surface area contributed by atoms with E-state index in [1.807, 2.05) is 12.1 Å². The van der Waals surface area contributed by atoms with Gasteiger partial charge in [0.1, 0.15) is 5.82 Å². The van der Waals surface area contributed by atoms with Crippen LogP contribution >= 0.6 is 11.3 Å². The van der Waals surface area contributed by atoms with Crippen LogP contribution in [0.3, 0.4) is 0 Å². The van der Waals surface area contributed by atoms with Crippen LogP contribution in [0.25, 0.3) is 21.2 Å². The second-order valence-corrected chi connectivity index (χ2v) is 10.0. The number of fused-ring (bicyclic) bond motifs is 1. The predicted molar refractivity (Wildman–Crippen MR) is 125 cm³/mol. The van der Waals surface area contributed by atoms with E-state index in [-0.39, 0.29) is 17.2 Å². The monoisotopic (exact) mass is 508 g/mol. The topological polar surface area (TPSA) is 66.5 Å². The van der Waals surface area contributed by atoms with Gasteiger partial charge in [-0.2, -0.15) is 21.6 Å². The van der Waals surface area contributed by atoms with Crippen LogP contribution in [0.2, 0.25) is 0 Å². The lowest BCUT2D eigenvalue weighted by Crippen LogP contribution is -2.32. The Labute approximate surface area is 196 Å². The van der Waals surface area contributed by atoms with Gasteiger partial charge in [0.15, 0.2) is 0 Å². The maximum atomic E-state index is 13.3. The fourth-order valence-corrected chi connectivity index (χ4v) is 5.02. The zero-order valence-electron chi connectivity index (χ0n) is 17.4. The highest BCUT2D eigenvalue weighted by molar-refractivity contribution is 7.93. The molecule has 0 bridgehead atoms. The third-order valence-electron chi connectivity index (χ3n) is 5.05. The van der Waals surface area contributed by atoms with E-state index in [4.69, 9.17) is 0 Å². The highest BCUT2D eigenvalue weighted by atomic mass is 32.2. The van der Waals surface area contributed by atoms with Crippen LogP contribution in [0.15, 0.2) is 72.8 Å². The molecule has 5 nitrogen and oxygen atoms in total. The summed E-state index contributed by atoms with van der Waals surface area (Å²) < 4.78 is 77.3. The molecule has 1 heterocycles. The van der Waals surface area contributed by atoms with Crippen molar-refractivity contribution in [2.24, 2.45) is 0 Å². The molecule has 0 saturated heterocycles. The fraction of sp³-hybridized carbons (Fsp3) is 0.0870. The Hall–Kier alpha value is -3.44. The van der Waals surface area contributed by atoms with Crippen molar-refractivity contribution in [3.05, 3.63) is 83.5 Å². The van der Waals surface area contributed by atoms with Crippen LogP contribution in [-0.2, 0) is 10.0 Å². The quantitative estimate of drug-likeness (QED) is 0.324. The minimum Gasteiger partial charge on any atom is -0.309 e. The van der Waals surface area contributed by atoms with Gasteiger partial charge in [-0.3, -0.25) is 9.52 Å². The summed E-state index contributed by atoms with van der Waals surface area (Å²) in [5, 5.41) is 0.752. The molecule has 34 heavy (non-hydrogen) atoms. The van der Waals surface area contributed by atoms with E-state index in [0.717, 1.165) is 32.2 Å². The molecule has 0 atom stereocenters. The summed E-state index contributed by atoms with van der Waals surface area (Å²) in [6.45, 7) is 0. The van der Waals surface area contributed by atoms with Crippen LogP contribution in [0.5, 0.6) is 0 Å². The average molecular weight is 509 g/mol. The Kier molecular flexibility index (Phi) is 6.09. The number of sulfonamides is 1. The van der Waals surface area contributed by atoms with Crippen LogP contribution in [0, 0.1) is 5.82 Å². The summed E-state index contributed by atoms with van der Waals surface area (Å²) in [5.74, 6) is -0.913. The van der Waals surface area contributed by atoms with Gasteiger partial charge in [-0.15, -0.1) is 11.3 Å². The molecule has 3 aromatic carbocycles. The standard InChI is InChI=1S/C23H16F4N2O3S2/c1-29(19-7-3-2-6-18(19)28-34(31,32)23(25,26)27)22(30)21-13-17-16(5-4-8-20(17)33-21)14-9-11-15(24)12-10-14/h2-13,28H,1H3. The van der Waals surface area contributed by atoms with Crippen molar-refractivity contribution < 1.29 is 30.8 Å². The average Bonchev–Trinajstić information content (AvgIpc) is 3.22. The van der Waals surface area contributed by atoms with Crippen molar-refractivity contribution in [3.8, 4) is 11.1 Å². The molecule has 0 fully saturated rings. The normalized spacial score (nSPS) is 12.0. The van der Waals surface area contributed by atoms with Gasteiger partial charge in [0, 0.05) is 17.1 Å². The van der Waals surface area contributed by atoms with Gasteiger partial charge in [-0.25, -0.2) is 4.39 Å². The number of hydrogen-bond donors (Lipinski definition) is 1. The number of nitrogens with zero attached hydrogens (tertiary/aromatic N) is 1. The van der Waals surface area contributed by atoms with Crippen LogP contribution in [0.1, 0.15) is 9.67 Å². The summed E-state index contributed by atoms with van der Waals surface area (Å²) in [6.07, 6.45) is 0. The molecule has 0 radical (unpaired) electrons. The summed E-state index contributed by atoms with van der Waals surface area (Å²) >= 11 is 1.18. The first-order valence-corrected chi connectivity index (χ1v) is 12.0. The Morgan fingerprint density at radius 1 is 0.971 bits per heavy atom. The molecule has 0 aliphatic rings. The third kappa shape index (κ3) is 4.48. The van der Waals surface area contributed by atoms with E-state index in [9.17, 15) is 30.8 Å². The number of carbonyl (C=O) groups excluding carboxylic acids is 1. The second-order valence-electron chi connectivity index (χ2n) is 7.27. The number of anilines is 2. The lowest BCUT2D eigenvalue weighted by Gasteiger charge is -2.21. The van der Waals surface area contributed by atoms with Crippen molar-refractivity contribution in [2.45, 2.75) is 5.51 Å². The molecule has 11 heteroatoms. The molecule has 0 aliphatic heterocycles. The molecular formula is C23H16F4N2O3S2. The number of hydrogen-bond acceptors (Lipinski definition) is 4. The van der Waals surface area contributed by atoms with Crippen LogP contribution in [-0.4, -0.2) is 26.9 Å². The SMILES string of the molecule is CN(C(=O)c1cc2c(-c3ccc(F)cc3)cccc2s1)c1ccccc1NS(=O)(=O)C(F)(F)F. The third-order valence-corrected chi connectivity index (χ3v) is 7.23. The molecular weight excluding hydrogens is 492 g/mol. The second kappa shape index (κ2) is 8.73. The van der Waals surface area contributed by atoms with E-state index < -0.39 is 21.4 Å². The first-order chi connectivity index (χ1) is 16.0. The lowest BCUT2D eigenvalue weighted by atomic mass is 10.0. The predicted octanol–water partition coefficient (Wildman–Crippen LogP) is 6.25. The smallest absolute Gasteiger partial charge is 0.309 e. The van der Waals surface area contributed by atoms with Crippen molar-refractivity contribution in [1.29, 1.82) is 0 Å². The summed E-state index contributed by atoms with van der Waals surface area (Å²) in [4.78, 5) is 14.6. The number of alkyl halides is 3. The zero-order valence-corrected chi connectivity index (χ0v) is 19.1. The summed E-state index contributed by atoms with van der Waals surface area (Å²) in [7, 11) is -4.33. The molecule has 0 unspecified atom stereocenters. The number of nitrogens with one attached hydrogen (secondary N) is 1. The first-order valence-electron chi connectivity index (χ1n) is 9.72. The van der Waals surface area contributed by atoms with Gasteiger partial charge in [0.2, 0.25) is 0 Å². The van der Waals surface area contributed by atoms with E-state index in [2.05, 4.69) is 0 Å². The summed E-state index contributed by atoms with van der Waals surface area (Å²) in [5.41, 5.74) is -4.40. The Morgan fingerprint density at radius 2 is 1.65 bits per heavy atom. The number of carbonyl (C=O) groups is 1. The molecule has 1 aromatic heterocycles. The van der Waals surface area contributed by atoms with E-state index >= 15 is 0 Å². The zero-order chi connectivity index (χ0) is 24.7. The molecule has 1 N–H and O–H groups in total. The minimum absolute atomic E-state index is 0.0449. The van der Waals surface area contributed by atoms with E-state index in [1.165, 1.54) is 53.4 Å². The highest BCUT2D eigenvalue weighted by Crippen LogP contribution is 2.36. The molecule has 176 valence electrons. The number of thiophene rings is 1. The molecule has 0 saturated carbocycles. The summed E-state index contributed by atoms with van der Waals surface area (Å²) in [6, 6.07) is 18.3. The Bertz CT molecular complexity index is 1480. The molecule has 1 amide bonds. The maximum absolute atomic E-state index is 13.3. The lowest BCUT2D eigenvalue weighted by molar-refractivity contribution is -0.0429. The number of benzene rings is 3. The first kappa shape index (κ1) is 23.7. The van der Waals surface area contributed by atoms with Crippen LogP contribution < -0.4 is 9.62 Å². The van der Waals surface area contributed by atoms with Crippen molar-refractivity contribution >= 4 is 48.7 Å². The van der Waals surface area contributed by atoms with Crippen molar-refractivity contribution in [2.75, 3.05) is 16.7 Å². The number of rotatable bonds is 5. The van der Waals surface area contributed by atoms with Gasteiger partial charge in [-0.05, 0) is 47.5 Å². The van der Waals surface area contributed by atoms with Gasteiger partial charge in [0.25, 0.3) is 5.91 Å². The molecule has 4 rings (SSSR count). The fourth-order valence-electron chi connectivity index (χ4n) is 3.38. The molecule has 4 aromatic rings. The Morgan fingerprint density at radius 3 is 2.32 bits per heavy atom.